The first kappa shape index (κ1) is 10.4. The van der Waals surface area contributed by atoms with Gasteiger partial charge in [-0.2, -0.15) is 0 Å². The highest BCUT2D eigenvalue weighted by molar-refractivity contribution is 5.93. The van der Waals surface area contributed by atoms with Gasteiger partial charge in [0.05, 0.1) is 0 Å². The molecule has 0 aromatic carbocycles. The quantitative estimate of drug-likeness (QED) is 0.556. The molecule has 0 saturated heterocycles. The van der Waals surface area contributed by atoms with Gasteiger partial charge in [-0.25, -0.2) is 0 Å². The fourth-order valence-electron chi connectivity index (χ4n) is 1.04. The lowest BCUT2D eigenvalue weighted by atomic mass is 10.0. The Morgan fingerprint density at radius 3 is 2.36 bits per heavy atom. The minimum atomic E-state index is 0.236. The Hall–Kier alpha value is -0.590. The van der Waals surface area contributed by atoms with Gasteiger partial charge in [0, 0.05) is 0 Å². The van der Waals surface area contributed by atoms with E-state index in [0.29, 0.717) is 0 Å². The molecule has 0 fully saturated rings. The van der Waals surface area contributed by atoms with Crippen LogP contribution < -0.4 is 0 Å². The van der Waals surface area contributed by atoms with Crippen molar-refractivity contribution in [1.29, 1.82) is 0 Å². The standard InChI is InChI=1S/C10H18O/c1-4-6-8-10(7-5-2)9(3)11/h7H,4-6,8H2,1-3H3. The summed E-state index contributed by atoms with van der Waals surface area (Å²) in [5, 5.41) is 0. The number of carbonyl (C=O) groups is 1. The molecule has 0 rings (SSSR count). The monoisotopic (exact) mass is 154 g/mol. The maximum atomic E-state index is 11.0. The summed E-state index contributed by atoms with van der Waals surface area (Å²) >= 11 is 0. The number of Topliss-reactive ketones (excluding diaryl/α,β-unsaturated/α-hetero) is 1. The van der Waals surface area contributed by atoms with Gasteiger partial charge in [-0.05, 0) is 31.8 Å². The zero-order valence-corrected chi connectivity index (χ0v) is 7.81. The Morgan fingerprint density at radius 2 is 2.00 bits per heavy atom. The Balaban J connectivity index is 3.90. The molecule has 0 unspecified atom stereocenters. The van der Waals surface area contributed by atoms with Gasteiger partial charge in [-0.3, -0.25) is 4.79 Å². The predicted molar refractivity (Wildman–Crippen MR) is 48.6 cm³/mol. The molecule has 0 aromatic rings. The highest BCUT2D eigenvalue weighted by Gasteiger charge is 2.00. The molecule has 0 aliphatic carbocycles. The minimum absolute atomic E-state index is 0.236. The topological polar surface area (TPSA) is 17.1 Å². The lowest BCUT2D eigenvalue weighted by molar-refractivity contribution is -0.113. The van der Waals surface area contributed by atoms with Gasteiger partial charge in [0.15, 0.2) is 5.78 Å². The van der Waals surface area contributed by atoms with Gasteiger partial charge in [0.1, 0.15) is 0 Å². The maximum absolute atomic E-state index is 11.0. The second-order valence-electron chi connectivity index (χ2n) is 2.80. The SMILES string of the molecule is CCC=C(CCCC)C(C)=O. The summed E-state index contributed by atoms with van der Waals surface area (Å²) in [6, 6.07) is 0. The van der Waals surface area contributed by atoms with Gasteiger partial charge >= 0.3 is 0 Å². The number of rotatable bonds is 5. The third-order valence-electron chi connectivity index (χ3n) is 1.70. The van der Waals surface area contributed by atoms with Crippen molar-refractivity contribution in [1.82, 2.24) is 0 Å². The van der Waals surface area contributed by atoms with E-state index in [9.17, 15) is 4.79 Å². The zero-order chi connectivity index (χ0) is 8.69. The van der Waals surface area contributed by atoms with Gasteiger partial charge in [-0.15, -0.1) is 0 Å². The summed E-state index contributed by atoms with van der Waals surface area (Å²) in [7, 11) is 0. The van der Waals surface area contributed by atoms with Crippen LogP contribution in [0.2, 0.25) is 0 Å². The molecule has 0 N–H and O–H groups in total. The summed E-state index contributed by atoms with van der Waals surface area (Å²) in [6.45, 7) is 5.86. The second-order valence-corrected chi connectivity index (χ2v) is 2.80. The molecule has 0 saturated carbocycles. The molecule has 0 aromatic heterocycles. The lowest BCUT2D eigenvalue weighted by Gasteiger charge is -2.00. The first-order valence-electron chi connectivity index (χ1n) is 4.42. The first-order valence-corrected chi connectivity index (χ1v) is 4.42. The number of hydrogen-bond donors (Lipinski definition) is 0. The van der Waals surface area contributed by atoms with E-state index >= 15 is 0 Å². The van der Waals surface area contributed by atoms with Gasteiger partial charge < -0.3 is 0 Å². The third kappa shape index (κ3) is 4.77. The van der Waals surface area contributed by atoms with Crippen molar-refractivity contribution in [3.63, 3.8) is 0 Å². The number of carbonyl (C=O) groups excluding carboxylic acids is 1. The number of hydrogen-bond acceptors (Lipinski definition) is 1. The fraction of sp³-hybridized carbons (Fsp3) is 0.700. The van der Waals surface area contributed by atoms with E-state index in [1.807, 2.05) is 6.08 Å². The molecule has 1 nitrogen and oxygen atoms in total. The number of ketones is 1. The number of unbranched alkanes of at least 4 members (excludes halogenated alkanes) is 1. The van der Waals surface area contributed by atoms with Crippen LogP contribution in [0.3, 0.4) is 0 Å². The summed E-state index contributed by atoms with van der Waals surface area (Å²) in [5.74, 6) is 0.236. The molecule has 11 heavy (non-hydrogen) atoms. The van der Waals surface area contributed by atoms with Crippen molar-refractivity contribution in [3.8, 4) is 0 Å². The highest BCUT2D eigenvalue weighted by atomic mass is 16.1. The maximum Gasteiger partial charge on any atom is 0.155 e. The highest BCUT2D eigenvalue weighted by Crippen LogP contribution is 2.08. The Bertz CT molecular complexity index is 145. The van der Waals surface area contributed by atoms with Crippen molar-refractivity contribution >= 4 is 5.78 Å². The van der Waals surface area contributed by atoms with Crippen LogP contribution in [0, 0.1) is 0 Å². The van der Waals surface area contributed by atoms with Crippen molar-refractivity contribution < 1.29 is 4.79 Å². The van der Waals surface area contributed by atoms with Crippen molar-refractivity contribution in [3.05, 3.63) is 11.6 Å². The van der Waals surface area contributed by atoms with Crippen LogP contribution >= 0.6 is 0 Å². The van der Waals surface area contributed by atoms with E-state index in [0.717, 1.165) is 31.3 Å². The van der Waals surface area contributed by atoms with Crippen LogP contribution in [-0.2, 0) is 4.79 Å². The van der Waals surface area contributed by atoms with E-state index in [1.165, 1.54) is 0 Å². The van der Waals surface area contributed by atoms with Crippen LogP contribution in [0.15, 0.2) is 11.6 Å². The van der Waals surface area contributed by atoms with E-state index in [-0.39, 0.29) is 5.78 Å². The Labute approximate surface area is 69.5 Å². The van der Waals surface area contributed by atoms with Crippen LogP contribution in [0.1, 0.15) is 46.5 Å². The summed E-state index contributed by atoms with van der Waals surface area (Å²) in [5.41, 5.74) is 1.01. The molecule has 0 radical (unpaired) electrons. The molecule has 0 heterocycles. The predicted octanol–water partition coefficient (Wildman–Crippen LogP) is 3.10. The molecule has 0 aliphatic heterocycles. The van der Waals surface area contributed by atoms with Crippen LogP contribution in [0.4, 0.5) is 0 Å². The van der Waals surface area contributed by atoms with Gasteiger partial charge in [-0.1, -0.05) is 26.3 Å². The summed E-state index contributed by atoms with van der Waals surface area (Å²) < 4.78 is 0. The fourth-order valence-corrected chi connectivity index (χ4v) is 1.04. The van der Waals surface area contributed by atoms with E-state index in [1.54, 1.807) is 6.92 Å². The van der Waals surface area contributed by atoms with Crippen molar-refractivity contribution in [2.45, 2.75) is 46.5 Å². The van der Waals surface area contributed by atoms with E-state index in [2.05, 4.69) is 13.8 Å². The average Bonchev–Trinajstić information content (AvgIpc) is 1.97. The third-order valence-corrected chi connectivity index (χ3v) is 1.70. The van der Waals surface area contributed by atoms with Crippen molar-refractivity contribution in [2.24, 2.45) is 0 Å². The molecule has 0 amide bonds. The van der Waals surface area contributed by atoms with E-state index < -0.39 is 0 Å². The smallest absolute Gasteiger partial charge is 0.155 e. The van der Waals surface area contributed by atoms with E-state index in [4.69, 9.17) is 0 Å². The molecular weight excluding hydrogens is 136 g/mol. The normalized spacial score (nSPS) is 11.7. The Morgan fingerprint density at radius 1 is 1.36 bits per heavy atom. The largest absolute Gasteiger partial charge is 0.295 e. The summed E-state index contributed by atoms with van der Waals surface area (Å²) in [4.78, 5) is 11.0. The number of allylic oxidation sites excluding steroid dienone is 2. The van der Waals surface area contributed by atoms with Crippen LogP contribution in [0.25, 0.3) is 0 Å². The molecular formula is C10H18O. The Kier molecular flexibility index (Phi) is 5.81. The minimum Gasteiger partial charge on any atom is -0.295 e. The lowest BCUT2D eigenvalue weighted by Crippen LogP contribution is -1.96. The molecule has 1 heteroatoms. The van der Waals surface area contributed by atoms with Crippen LogP contribution in [-0.4, -0.2) is 5.78 Å². The molecule has 0 bridgehead atoms. The molecule has 0 aliphatic rings. The second kappa shape index (κ2) is 6.14. The van der Waals surface area contributed by atoms with Crippen molar-refractivity contribution in [2.75, 3.05) is 0 Å². The molecule has 0 spiro atoms. The average molecular weight is 154 g/mol. The van der Waals surface area contributed by atoms with Crippen LogP contribution in [0.5, 0.6) is 0 Å². The van der Waals surface area contributed by atoms with Gasteiger partial charge in [0.25, 0.3) is 0 Å². The zero-order valence-electron chi connectivity index (χ0n) is 7.81. The molecule has 64 valence electrons. The molecule has 0 atom stereocenters. The first-order chi connectivity index (χ1) is 5.22. The van der Waals surface area contributed by atoms with Gasteiger partial charge in [0.2, 0.25) is 0 Å². The summed E-state index contributed by atoms with van der Waals surface area (Å²) in [6.07, 6.45) is 6.26.